The molecule has 186 valence electrons. The lowest BCUT2D eigenvalue weighted by Gasteiger charge is -2.14. The quantitative estimate of drug-likeness (QED) is 0.130. The van der Waals surface area contributed by atoms with E-state index in [1.165, 1.54) is 24.3 Å². The summed E-state index contributed by atoms with van der Waals surface area (Å²) in [7, 11) is 0. The van der Waals surface area contributed by atoms with Gasteiger partial charge >= 0.3 is 0 Å². The molecule has 0 heterocycles. The number of hydrogen-bond acceptors (Lipinski definition) is 3. The summed E-state index contributed by atoms with van der Waals surface area (Å²) in [6, 6.07) is 28.3. The number of hydrogen-bond donors (Lipinski definition) is 0. The van der Waals surface area contributed by atoms with Crippen LogP contribution in [0.15, 0.2) is 107 Å². The van der Waals surface area contributed by atoms with E-state index in [1.807, 2.05) is 66.9 Å². The first kappa shape index (κ1) is 23.4. The second-order valence-electron chi connectivity index (χ2n) is 9.47. The molecule has 0 saturated carbocycles. The fraction of sp³-hybridized carbons (Fsp3) is 0. The predicted molar refractivity (Wildman–Crippen MR) is 153 cm³/mol. The first-order chi connectivity index (χ1) is 19.6. The van der Waals surface area contributed by atoms with Crippen LogP contribution in [-0.4, -0.2) is 0 Å². The first-order valence-corrected chi connectivity index (χ1v) is 12.5. The highest BCUT2D eigenvalue weighted by atomic mass is 19.1. The Hall–Kier alpha value is -5.72. The third kappa shape index (κ3) is 3.27. The van der Waals surface area contributed by atoms with Gasteiger partial charge in [-0.15, -0.1) is 4.95 Å². The summed E-state index contributed by atoms with van der Waals surface area (Å²) in [6.45, 7) is 7.62. The normalized spacial score (nSPS) is 12.5. The molecule has 0 spiro atoms. The maximum absolute atomic E-state index is 14.7. The van der Waals surface area contributed by atoms with Gasteiger partial charge in [0.2, 0.25) is 6.19 Å². The molecule has 0 unspecified atom stereocenters. The van der Waals surface area contributed by atoms with Gasteiger partial charge in [-0.2, -0.15) is 16.8 Å². The Morgan fingerprint density at radius 2 is 1.07 bits per heavy atom. The summed E-state index contributed by atoms with van der Waals surface area (Å²) in [5.74, 6) is -0.879. The minimum absolute atomic E-state index is 0.366. The van der Waals surface area contributed by atoms with Gasteiger partial charge in [0.05, 0.1) is 10.5 Å². The highest BCUT2D eigenvalue weighted by Crippen LogP contribution is 2.47. The molecule has 6 heteroatoms. The molecule has 0 bridgehead atoms. The monoisotopic (exact) mass is 518 g/mol. The number of rotatable bonds is 2. The minimum Gasteiger partial charge on any atom is -0.207 e. The van der Waals surface area contributed by atoms with E-state index in [9.17, 15) is 14.0 Å². The van der Waals surface area contributed by atoms with Gasteiger partial charge < -0.3 is 0 Å². The molecule has 0 amide bonds. The largest absolute Gasteiger partial charge is 0.207 e. The van der Waals surface area contributed by atoms with Crippen molar-refractivity contribution in [3.63, 3.8) is 0 Å². The second-order valence-corrected chi connectivity index (χ2v) is 9.47. The molecule has 0 radical (unpaired) electrons. The number of nitrogens with zero attached hydrogens (tertiary/aromatic N) is 4. The molecule has 0 fully saturated rings. The van der Waals surface area contributed by atoms with Gasteiger partial charge in [-0.25, -0.2) is 8.78 Å². The molecule has 0 N–H and O–H groups in total. The van der Waals surface area contributed by atoms with E-state index >= 15 is 0 Å². The number of halogens is 2. The van der Waals surface area contributed by atoms with Crippen LogP contribution in [0.25, 0.3) is 70.3 Å². The van der Waals surface area contributed by atoms with Crippen molar-refractivity contribution in [1.29, 1.82) is 5.26 Å². The summed E-state index contributed by atoms with van der Waals surface area (Å²) in [5.41, 5.74) is 3.21. The van der Waals surface area contributed by atoms with Crippen LogP contribution in [0.5, 0.6) is 0 Å². The Balaban J connectivity index is 1.97. The van der Waals surface area contributed by atoms with Crippen molar-refractivity contribution >= 4 is 43.1 Å². The third-order valence-electron chi connectivity index (χ3n) is 7.42. The topological polar surface area (TPSA) is 52.9 Å². The Morgan fingerprint density at radius 3 is 1.55 bits per heavy atom. The van der Waals surface area contributed by atoms with Gasteiger partial charge in [0.15, 0.2) is 5.36 Å². The maximum Gasteiger partial charge on any atom is 0.206 e. The van der Waals surface area contributed by atoms with E-state index in [0.29, 0.717) is 37.6 Å². The van der Waals surface area contributed by atoms with E-state index in [4.69, 9.17) is 6.57 Å². The van der Waals surface area contributed by atoms with Crippen LogP contribution < -0.4 is 10.7 Å². The predicted octanol–water partition coefficient (Wildman–Crippen LogP) is 7.90. The molecular weight excluding hydrogens is 502 g/mol. The fourth-order valence-corrected chi connectivity index (χ4v) is 6.00. The molecule has 40 heavy (non-hydrogen) atoms. The summed E-state index contributed by atoms with van der Waals surface area (Å²) in [6.07, 6.45) is 1.92. The smallest absolute Gasteiger partial charge is 0.206 e. The van der Waals surface area contributed by atoms with Crippen molar-refractivity contribution in [1.82, 2.24) is 0 Å². The van der Waals surface area contributed by atoms with Gasteiger partial charge in [-0.3, -0.25) is 0 Å². The van der Waals surface area contributed by atoms with Crippen molar-refractivity contribution in [3.05, 3.63) is 131 Å². The number of nitriles is 1. The van der Waals surface area contributed by atoms with Crippen LogP contribution in [0.4, 0.5) is 8.78 Å². The average Bonchev–Trinajstić information content (AvgIpc) is 3.45. The highest BCUT2D eigenvalue weighted by Gasteiger charge is 2.27. The fourth-order valence-electron chi connectivity index (χ4n) is 6.00. The van der Waals surface area contributed by atoms with Gasteiger partial charge in [-0.05, 0) is 46.2 Å². The van der Waals surface area contributed by atoms with Crippen LogP contribution in [0.1, 0.15) is 0 Å². The molecule has 0 aliphatic rings. The zero-order chi connectivity index (χ0) is 27.4. The van der Waals surface area contributed by atoms with E-state index in [1.54, 1.807) is 12.1 Å². The van der Waals surface area contributed by atoms with Gasteiger partial charge in [0.1, 0.15) is 11.6 Å². The summed E-state index contributed by atoms with van der Waals surface area (Å²) in [4.78, 5) is 7.61. The van der Waals surface area contributed by atoms with Gasteiger partial charge in [0, 0.05) is 43.4 Å². The first-order valence-electron chi connectivity index (χ1n) is 12.5. The lowest BCUT2D eigenvalue weighted by atomic mass is 9.88. The Morgan fingerprint density at radius 1 is 0.600 bits per heavy atom. The lowest BCUT2D eigenvalue weighted by molar-refractivity contribution is 0.629. The molecule has 0 aliphatic heterocycles. The van der Waals surface area contributed by atoms with Gasteiger partial charge in [0.25, 0.3) is 0 Å². The third-order valence-corrected chi connectivity index (χ3v) is 7.42. The van der Waals surface area contributed by atoms with Crippen LogP contribution >= 0.6 is 0 Å². The molecule has 4 nitrogen and oxygen atoms in total. The van der Waals surface area contributed by atoms with Crippen molar-refractivity contribution in [2.45, 2.75) is 0 Å². The Bertz CT molecular complexity index is 2180. The summed E-state index contributed by atoms with van der Waals surface area (Å²) in [5, 5.41) is 20.1. The summed E-state index contributed by atoms with van der Waals surface area (Å²) < 4.78 is 29.3. The van der Waals surface area contributed by atoms with Crippen molar-refractivity contribution < 1.29 is 8.78 Å². The number of benzene rings is 5. The second kappa shape index (κ2) is 8.94. The van der Waals surface area contributed by atoms with Crippen molar-refractivity contribution in [2.24, 2.45) is 10.1 Å². The van der Waals surface area contributed by atoms with Crippen molar-refractivity contribution in [2.75, 3.05) is 0 Å². The zero-order valence-corrected chi connectivity index (χ0v) is 20.8. The lowest BCUT2D eigenvalue weighted by Crippen LogP contribution is -2.03. The average molecular weight is 519 g/mol. The van der Waals surface area contributed by atoms with E-state index in [2.05, 4.69) is 15.0 Å². The number of fused-ring (bicyclic) bond motifs is 6. The molecule has 7 aromatic carbocycles. The Kier molecular flexibility index (Phi) is 5.23. The molecule has 0 aromatic heterocycles. The van der Waals surface area contributed by atoms with Crippen LogP contribution in [0.2, 0.25) is 0 Å². The SMILES string of the molecule is [C-]#[N+]/N=c1\c2cc(F)ccc2c2c(-c3ccccc3)c3/c(=N/C#N)c4cc(F)ccc4c3c(-c3ccccc3)c12. The van der Waals surface area contributed by atoms with Crippen LogP contribution in [-0.2, 0) is 0 Å². The molecule has 0 aliphatic carbocycles. The molecule has 7 aromatic rings. The van der Waals surface area contributed by atoms with Gasteiger partial charge in [-0.1, -0.05) is 72.8 Å². The van der Waals surface area contributed by atoms with E-state index < -0.39 is 11.6 Å². The van der Waals surface area contributed by atoms with Crippen molar-refractivity contribution in [3.8, 4) is 28.4 Å². The van der Waals surface area contributed by atoms with E-state index in [0.717, 1.165) is 38.4 Å². The molecular formula is C34H16F2N4. The zero-order valence-electron chi connectivity index (χ0n) is 20.8. The minimum atomic E-state index is -0.441. The van der Waals surface area contributed by atoms with Crippen LogP contribution in [0, 0.1) is 29.7 Å². The molecule has 7 rings (SSSR count). The highest BCUT2D eigenvalue weighted by molar-refractivity contribution is 6.34. The summed E-state index contributed by atoms with van der Waals surface area (Å²) >= 11 is 0. The molecule has 0 atom stereocenters. The molecule has 0 saturated heterocycles. The maximum atomic E-state index is 14.7. The van der Waals surface area contributed by atoms with Crippen LogP contribution in [0.3, 0.4) is 0 Å². The Labute approximate surface area is 226 Å². The standard InChI is InChI=1S/C34H16F2N4/c1-38-40-34-26-17-22(36)13-15-24(26)30-27(19-8-4-2-5-9-19)31-29(28(32(30)34)20-10-6-3-7-11-20)23-14-12-21(35)16-25(23)33(31)39-18-37/h2-17H/b39-33+,40-34+. The van der Waals surface area contributed by atoms with E-state index in [-0.39, 0.29) is 0 Å².